The topological polar surface area (TPSA) is 52.0 Å². The van der Waals surface area contributed by atoms with E-state index in [1.54, 1.807) is 19.1 Å². The van der Waals surface area contributed by atoms with Crippen molar-refractivity contribution in [1.29, 1.82) is 0 Å². The van der Waals surface area contributed by atoms with Gasteiger partial charge in [-0.05, 0) is 24.1 Å². The monoisotopic (exact) mass is 352 g/mol. The van der Waals surface area contributed by atoms with Gasteiger partial charge in [0.25, 0.3) is 9.05 Å². The zero-order valence-corrected chi connectivity index (χ0v) is 13.6. The van der Waals surface area contributed by atoms with E-state index in [0.717, 1.165) is 5.56 Å². The molecule has 2 aromatic rings. The molecule has 0 aliphatic rings. The van der Waals surface area contributed by atoms with Gasteiger partial charge >= 0.3 is 0 Å². The number of benzene rings is 1. The molecule has 0 unspecified atom stereocenters. The Bertz CT molecular complexity index is 724. The molecule has 0 N–H and O–H groups in total. The highest BCUT2D eigenvalue weighted by Gasteiger charge is 2.25. The van der Waals surface area contributed by atoms with Crippen molar-refractivity contribution in [2.75, 3.05) is 0 Å². The van der Waals surface area contributed by atoms with Crippen LogP contribution in [0.25, 0.3) is 0 Å². The smallest absolute Gasteiger partial charge is 0.248 e. The van der Waals surface area contributed by atoms with Gasteiger partial charge in [-0.3, -0.25) is 0 Å². The Kier molecular flexibility index (Phi) is 4.64. The first kappa shape index (κ1) is 15.6. The summed E-state index contributed by atoms with van der Waals surface area (Å²) >= 11 is 11.9. The van der Waals surface area contributed by atoms with Crippen molar-refractivity contribution >= 4 is 42.9 Å². The van der Waals surface area contributed by atoms with Gasteiger partial charge < -0.3 is 0 Å². The first-order valence-corrected chi connectivity index (χ1v) is 8.83. The second-order valence-corrected chi connectivity index (χ2v) is 7.44. The molecule has 108 valence electrons. The zero-order valence-electron chi connectivity index (χ0n) is 10.5. The Hall–Kier alpha value is -0.750. The third-order valence-electron chi connectivity index (χ3n) is 2.74. The molecule has 4 nitrogen and oxygen atoms in total. The number of aryl methyl sites for hydroxylation is 1. The minimum atomic E-state index is -3.92. The maximum absolute atomic E-state index is 11.6. The van der Waals surface area contributed by atoms with Crippen molar-refractivity contribution in [3.05, 3.63) is 45.7 Å². The van der Waals surface area contributed by atoms with Gasteiger partial charge in [-0.25, -0.2) is 13.1 Å². The third kappa shape index (κ3) is 3.28. The fourth-order valence-corrected chi connectivity index (χ4v) is 3.83. The van der Waals surface area contributed by atoms with Gasteiger partial charge in [0.15, 0.2) is 0 Å². The average Bonchev–Trinajstić information content (AvgIpc) is 2.69. The number of halogens is 3. The minimum absolute atomic E-state index is 0.0202. The van der Waals surface area contributed by atoms with E-state index in [1.807, 2.05) is 12.1 Å². The summed E-state index contributed by atoms with van der Waals surface area (Å²) in [6, 6.07) is 7.13. The minimum Gasteiger partial charge on any atom is -0.248 e. The predicted octanol–water partition coefficient (Wildman–Crippen LogP) is 3.73. The van der Waals surface area contributed by atoms with Gasteiger partial charge in [0, 0.05) is 15.7 Å². The quantitative estimate of drug-likeness (QED) is 0.787. The molecule has 0 radical (unpaired) electrons. The van der Waals surface area contributed by atoms with Gasteiger partial charge in [0.05, 0.1) is 12.2 Å². The molecule has 8 heteroatoms. The summed E-state index contributed by atoms with van der Waals surface area (Å²) in [5, 5.41) is 4.84. The van der Waals surface area contributed by atoms with Crippen LogP contribution in [-0.2, 0) is 22.0 Å². The third-order valence-corrected chi connectivity index (χ3v) is 4.87. The number of hydrogen-bond acceptors (Lipinski definition) is 3. The lowest BCUT2D eigenvalue weighted by Gasteiger charge is -2.03. The van der Waals surface area contributed by atoms with Crippen LogP contribution in [0.15, 0.2) is 29.2 Å². The highest BCUT2D eigenvalue weighted by molar-refractivity contribution is 8.13. The molecular formula is C12H11Cl3N2O2S. The molecule has 1 aromatic heterocycles. The number of hydrogen-bond donors (Lipinski definition) is 0. The maximum Gasteiger partial charge on any atom is 0.266 e. The highest BCUT2D eigenvalue weighted by atomic mass is 35.7. The van der Waals surface area contributed by atoms with Gasteiger partial charge in [-0.2, -0.15) is 5.10 Å². The Morgan fingerprint density at radius 1 is 1.20 bits per heavy atom. The highest BCUT2D eigenvalue weighted by Crippen LogP contribution is 2.29. The fourth-order valence-electron chi connectivity index (χ4n) is 1.81. The second-order valence-electron chi connectivity index (χ2n) is 4.14. The van der Waals surface area contributed by atoms with E-state index in [2.05, 4.69) is 5.10 Å². The van der Waals surface area contributed by atoms with Crippen LogP contribution in [0.5, 0.6) is 0 Å². The van der Waals surface area contributed by atoms with Gasteiger partial charge in [-0.1, -0.05) is 42.3 Å². The van der Waals surface area contributed by atoms with Crippen molar-refractivity contribution in [3.63, 3.8) is 0 Å². The molecular weight excluding hydrogens is 343 g/mol. The van der Waals surface area contributed by atoms with E-state index in [4.69, 9.17) is 33.9 Å². The molecule has 0 fully saturated rings. The predicted molar refractivity (Wildman–Crippen MR) is 80.2 cm³/mol. The molecule has 0 amide bonds. The first-order chi connectivity index (χ1) is 9.32. The summed E-state index contributed by atoms with van der Waals surface area (Å²) in [6.45, 7) is 2.13. The van der Waals surface area contributed by atoms with Crippen LogP contribution in [0, 0.1) is 0 Å². The average molecular weight is 354 g/mol. The van der Waals surface area contributed by atoms with Crippen molar-refractivity contribution in [2.24, 2.45) is 0 Å². The lowest BCUT2D eigenvalue weighted by atomic mass is 10.2. The van der Waals surface area contributed by atoms with Crippen LogP contribution in [0.4, 0.5) is 0 Å². The molecule has 0 atom stereocenters. The van der Waals surface area contributed by atoms with E-state index < -0.39 is 9.05 Å². The van der Waals surface area contributed by atoms with Gasteiger partial charge in [0.1, 0.15) is 10.0 Å². The first-order valence-electron chi connectivity index (χ1n) is 5.77. The fraction of sp³-hybridized carbons (Fsp3) is 0.250. The van der Waals surface area contributed by atoms with Crippen molar-refractivity contribution < 1.29 is 8.42 Å². The maximum atomic E-state index is 11.6. The Morgan fingerprint density at radius 2 is 1.80 bits per heavy atom. The normalized spacial score (nSPS) is 11.8. The lowest BCUT2D eigenvalue weighted by Crippen LogP contribution is -2.02. The Balaban J connectivity index is 2.43. The molecule has 0 bridgehead atoms. The summed E-state index contributed by atoms with van der Waals surface area (Å²) in [5.41, 5.74) is 1.26. The van der Waals surface area contributed by atoms with Crippen LogP contribution < -0.4 is 0 Å². The summed E-state index contributed by atoms with van der Waals surface area (Å²) in [4.78, 5) is -0.114. The SMILES string of the molecule is CCc1nn(Cc2ccc(Cl)cc2)c(Cl)c1S(=O)(=O)Cl. The molecule has 2 rings (SSSR count). The van der Waals surface area contributed by atoms with Crippen LogP contribution in [0.1, 0.15) is 18.2 Å². The molecule has 0 aliphatic heterocycles. The lowest BCUT2D eigenvalue weighted by molar-refractivity contribution is 0.608. The second kappa shape index (κ2) is 5.93. The van der Waals surface area contributed by atoms with Crippen molar-refractivity contribution in [1.82, 2.24) is 9.78 Å². The summed E-state index contributed by atoms with van der Waals surface area (Å²) in [6.07, 6.45) is 0.425. The number of rotatable bonds is 4. The number of aromatic nitrogens is 2. The largest absolute Gasteiger partial charge is 0.266 e. The zero-order chi connectivity index (χ0) is 14.9. The van der Waals surface area contributed by atoms with E-state index in [0.29, 0.717) is 23.7 Å². The van der Waals surface area contributed by atoms with Crippen LogP contribution >= 0.6 is 33.9 Å². The van der Waals surface area contributed by atoms with E-state index >= 15 is 0 Å². The molecule has 0 saturated heterocycles. The molecule has 1 aromatic carbocycles. The summed E-state index contributed by atoms with van der Waals surface area (Å²) < 4.78 is 24.5. The van der Waals surface area contributed by atoms with Crippen molar-refractivity contribution in [3.8, 4) is 0 Å². The Labute approximate surface area is 131 Å². The van der Waals surface area contributed by atoms with Crippen molar-refractivity contribution in [2.45, 2.75) is 24.8 Å². The molecule has 0 aliphatic carbocycles. The molecule has 0 saturated carbocycles. The van der Waals surface area contributed by atoms with Crippen LogP contribution in [-0.4, -0.2) is 18.2 Å². The summed E-state index contributed by atoms with van der Waals surface area (Å²) in [5.74, 6) is 0. The molecule has 0 spiro atoms. The molecule has 20 heavy (non-hydrogen) atoms. The van der Waals surface area contributed by atoms with E-state index in [9.17, 15) is 8.42 Å². The number of nitrogens with zero attached hydrogens (tertiary/aromatic N) is 2. The Morgan fingerprint density at radius 3 is 2.25 bits per heavy atom. The van der Waals surface area contributed by atoms with E-state index in [1.165, 1.54) is 4.68 Å². The van der Waals surface area contributed by atoms with Gasteiger partial charge in [-0.15, -0.1) is 0 Å². The van der Waals surface area contributed by atoms with Crippen LogP contribution in [0.3, 0.4) is 0 Å². The van der Waals surface area contributed by atoms with E-state index in [-0.39, 0.29) is 10.0 Å². The molecule has 1 heterocycles. The summed E-state index contributed by atoms with van der Waals surface area (Å²) in [7, 11) is 1.48. The van der Waals surface area contributed by atoms with Gasteiger partial charge in [0.2, 0.25) is 0 Å². The van der Waals surface area contributed by atoms with Crippen LogP contribution in [0.2, 0.25) is 10.2 Å². The standard InChI is InChI=1S/C12H11Cl3N2O2S/c1-2-10-11(20(15,18)19)12(14)17(16-10)7-8-3-5-9(13)6-4-8/h3-6H,2,7H2,1H3.